The minimum Gasteiger partial charge on any atom is -0.495 e. The van der Waals surface area contributed by atoms with Crippen LogP contribution in [0.25, 0.3) is 0 Å². The molecule has 0 spiro atoms. The summed E-state index contributed by atoms with van der Waals surface area (Å²) >= 11 is 0. The second-order valence-corrected chi connectivity index (χ2v) is 7.57. The highest BCUT2D eigenvalue weighted by molar-refractivity contribution is 7.90. The molecule has 0 unspecified atom stereocenters. The zero-order chi connectivity index (χ0) is 15.7. The van der Waals surface area contributed by atoms with Gasteiger partial charge in [0, 0.05) is 6.26 Å². The van der Waals surface area contributed by atoms with Gasteiger partial charge in [-0.15, -0.1) is 0 Å². The van der Waals surface area contributed by atoms with Gasteiger partial charge in [0.1, 0.15) is 10.6 Å². The third-order valence-corrected chi connectivity index (χ3v) is 5.37. The Bertz CT molecular complexity index is 642. The average molecular weight is 312 g/mol. The Morgan fingerprint density at radius 1 is 1.24 bits per heavy atom. The van der Waals surface area contributed by atoms with Gasteiger partial charge in [0.05, 0.1) is 12.5 Å². The fourth-order valence-electron chi connectivity index (χ4n) is 3.05. The zero-order valence-electron chi connectivity index (χ0n) is 12.3. The maximum atomic E-state index is 11.8. The number of carboxylic acid groups (broad SMARTS) is 1. The number of sulfone groups is 1. The Kier molecular flexibility index (Phi) is 4.27. The summed E-state index contributed by atoms with van der Waals surface area (Å²) < 4.78 is 28.6. The van der Waals surface area contributed by atoms with Crippen molar-refractivity contribution in [2.75, 3.05) is 13.4 Å². The number of benzene rings is 1. The molecule has 0 saturated heterocycles. The molecular weight excluding hydrogens is 292 g/mol. The Morgan fingerprint density at radius 3 is 2.33 bits per heavy atom. The monoisotopic (exact) mass is 312 g/mol. The quantitative estimate of drug-likeness (QED) is 0.923. The maximum Gasteiger partial charge on any atom is 0.314 e. The number of rotatable bonds is 4. The first-order valence-electron chi connectivity index (χ1n) is 6.93. The van der Waals surface area contributed by atoms with Crippen LogP contribution in [0.2, 0.25) is 0 Å². The molecule has 1 aromatic rings. The van der Waals surface area contributed by atoms with Crippen LogP contribution in [-0.2, 0) is 20.0 Å². The molecule has 0 aromatic heterocycles. The number of methoxy groups -OCH3 is 1. The van der Waals surface area contributed by atoms with Crippen LogP contribution in [-0.4, -0.2) is 32.9 Å². The molecule has 5 nitrogen and oxygen atoms in total. The van der Waals surface area contributed by atoms with Gasteiger partial charge < -0.3 is 9.84 Å². The summed E-state index contributed by atoms with van der Waals surface area (Å²) in [6.45, 7) is 0. The first kappa shape index (κ1) is 15.8. The van der Waals surface area contributed by atoms with Crippen LogP contribution in [0.3, 0.4) is 0 Å². The Hall–Kier alpha value is -1.56. The number of ether oxygens (including phenoxy) is 1. The van der Waals surface area contributed by atoms with Gasteiger partial charge in [-0.3, -0.25) is 4.79 Å². The summed E-state index contributed by atoms with van der Waals surface area (Å²) in [5.41, 5.74) is -0.305. The lowest BCUT2D eigenvalue weighted by Crippen LogP contribution is -2.37. The van der Waals surface area contributed by atoms with Crippen molar-refractivity contribution in [2.45, 2.75) is 42.4 Å². The Labute approximate surface area is 124 Å². The highest BCUT2D eigenvalue weighted by Crippen LogP contribution is 2.41. The summed E-state index contributed by atoms with van der Waals surface area (Å²) in [7, 11) is -2.01. The van der Waals surface area contributed by atoms with Gasteiger partial charge in [-0.1, -0.05) is 25.3 Å². The van der Waals surface area contributed by atoms with E-state index in [1.807, 2.05) is 0 Å². The van der Waals surface area contributed by atoms with Crippen molar-refractivity contribution in [3.63, 3.8) is 0 Å². The summed E-state index contributed by atoms with van der Waals surface area (Å²) in [6, 6.07) is 4.62. The third-order valence-electron chi connectivity index (χ3n) is 4.23. The van der Waals surface area contributed by atoms with Crippen LogP contribution >= 0.6 is 0 Å². The van der Waals surface area contributed by atoms with Gasteiger partial charge in [0.15, 0.2) is 9.84 Å². The van der Waals surface area contributed by atoms with Crippen LogP contribution in [0, 0.1) is 0 Å². The van der Waals surface area contributed by atoms with Crippen LogP contribution in [0.15, 0.2) is 23.1 Å². The Balaban J connectivity index is 2.56. The largest absolute Gasteiger partial charge is 0.495 e. The average Bonchev–Trinajstić information content (AvgIpc) is 2.46. The molecule has 0 aliphatic heterocycles. The molecule has 6 heteroatoms. The third kappa shape index (κ3) is 2.90. The van der Waals surface area contributed by atoms with E-state index in [0.29, 0.717) is 18.4 Å². The molecule has 116 valence electrons. The highest BCUT2D eigenvalue weighted by Gasteiger charge is 2.41. The molecule has 1 fully saturated rings. The number of hydrogen-bond donors (Lipinski definition) is 1. The summed E-state index contributed by atoms with van der Waals surface area (Å²) in [5, 5.41) is 9.68. The minimum atomic E-state index is -3.41. The van der Waals surface area contributed by atoms with Gasteiger partial charge in [0.2, 0.25) is 0 Å². The smallest absolute Gasteiger partial charge is 0.314 e. The number of aliphatic carboxylic acids is 1. The van der Waals surface area contributed by atoms with E-state index in [-0.39, 0.29) is 10.6 Å². The number of carbonyl (C=O) groups is 1. The summed E-state index contributed by atoms with van der Waals surface area (Å²) in [4.78, 5) is 11.9. The fraction of sp³-hybridized carbons (Fsp3) is 0.533. The second kappa shape index (κ2) is 5.67. The van der Waals surface area contributed by atoms with E-state index >= 15 is 0 Å². The van der Waals surface area contributed by atoms with E-state index in [0.717, 1.165) is 25.5 Å². The molecule has 1 aliphatic rings. The molecule has 1 saturated carbocycles. The molecular formula is C15H20O5S. The highest BCUT2D eigenvalue weighted by atomic mass is 32.2. The van der Waals surface area contributed by atoms with E-state index < -0.39 is 21.2 Å². The maximum absolute atomic E-state index is 11.8. The lowest BCUT2D eigenvalue weighted by atomic mass is 9.69. The van der Waals surface area contributed by atoms with E-state index in [2.05, 4.69) is 0 Å². The molecule has 21 heavy (non-hydrogen) atoms. The first-order chi connectivity index (χ1) is 9.81. The molecule has 1 N–H and O–H groups in total. The fourth-order valence-corrected chi connectivity index (χ4v) is 3.88. The van der Waals surface area contributed by atoms with Gasteiger partial charge in [-0.05, 0) is 30.5 Å². The molecule has 1 aliphatic carbocycles. The Morgan fingerprint density at radius 2 is 1.86 bits per heavy atom. The van der Waals surface area contributed by atoms with E-state index in [1.165, 1.54) is 13.2 Å². The van der Waals surface area contributed by atoms with Gasteiger partial charge >= 0.3 is 5.97 Å². The molecule has 0 bridgehead atoms. The van der Waals surface area contributed by atoms with Gasteiger partial charge in [0.25, 0.3) is 0 Å². The van der Waals surface area contributed by atoms with Crippen molar-refractivity contribution in [3.05, 3.63) is 23.8 Å². The van der Waals surface area contributed by atoms with Crippen molar-refractivity contribution in [1.82, 2.24) is 0 Å². The van der Waals surface area contributed by atoms with Crippen molar-refractivity contribution in [1.29, 1.82) is 0 Å². The van der Waals surface area contributed by atoms with Crippen molar-refractivity contribution < 1.29 is 23.1 Å². The first-order valence-corrected chi connectivity index (χ1v) is 8.82. The van der Waals surface area contributed by atoms with Crippen LogP contribution in [0.1, 0.15) is 37.7 Å². The van der Waals surface area contributed by atoms with Crippen molar-refractivity contribution in [3.8, 4) is 5.75 Å². The van der Waals surface area contributed by atoms with Crippen molar-refractivity contribution in [2.24, 2.45) is 0 Å². The minimum absolute atomic E-state index is 0.0881. The zero-order valence-corrected chi connectivity index (χ0v) is 13.1. The van der Waals surface area contributed by atoms with Crippen LogP contribution < -0.4 is 4.74 Å². The standard InChI is InChI=1S/C15H20O5S/c1-20-12-10-11(6-7-13(12)21(2,18)19)15(14(16)17)8-4-3-5-9-15/h6-7,10H,3-5,8-9H2,1-2H3,(H,16,17). The predicted octanol–water partition coefficient (Wildman–Crippen LogP) is 2.39. The normalized spacial score (nSPS) is 18.2. The van der Waals surface area contributed by atoms with Crippen molar-refractivity contribution >= 4 is 15.8 Å². The topological polar surface area (TPSA) is 80.7 Å². The summed E-state index contributed by atoms with van der Waals surface area (Å²) in [5.74, 6) is -0.641. The van der Waals surface area contributed by atoms with Crippen LogP contribution in [0.4, 0.5) is 0 Å². The van der Waals surface area contributed by atoms with Gasteiger partial charge in [-0.2, -0.15) is 0 Å². The lowest BCUT2D eigenvalue weighted by Gasteiger charge is -2.34. The predicted molar refractivity (Wildman–Crippen MR) is 78.5 cm³/mol. The lowest BCUT2D eigenvalue weighted by molar-refractivity contribution is -0.145. The SMILES string of the molecule is COc1cc(C2(C(=O)O)CCCCC2)ccc1S(C)(=O)=O. The second-order valence-electron chi connectivity index (χ2n) is 5.59. The molecule has 0 atom stereocenters. The van der Waals surface area contributed by atoms with Crippen LogP contribution in [0.5, 0.6) is 5.75 Å². The number of hydrogen-bond acceptors (Lipinski definition) is 4. The molecule has 0 heterocycles. The van der Waals surface area contributed by atoms with E-state index in [9.17, 15) is 18.3 Å². The molecule has 0 amide bonds. The molecule has 2 rings (SSSR count). The summed E-state index contributed by atoms with van der Waals surface area (Å²) in [6.07, 6.45) is 5.02. The molecule has 0 radical (unpaired) electrons. The number of carboxylic acids is 1. The molecule has 1 aromatic carbocycles. The van der Waals surface area contributed by atoms with E-state index in [1.54, 1.807) is 12.1 Å². The van der Waals surface area contributed by atoms with E-state index in [4.69, 9.17) is 4.74 Å². The van der Waals surface area contributed by atoms with Gasteiger partial charge in [-0.25, -0.2) is 8.42 Å².